The molecule has 0 saturated heterocycles. The molecule has 2 rings (SSSR count). The molecule has 0 heterocycles. The molecule has 1 atom stereocenters. The van der Waals surface area contributed by atoms with E-state index in [2.05, 4.69) is 12.2 Å². The van der Waals surface area contributed by atoms with Gasteiger partial charge in [0, 0.05) is 11.6 Å². The summed E-state index contributed by atoms with van der Waals surface area (Å²) < 4.78 is 0. The molecule has 1 N–H and O–H groups in total. The third-order valence-electron chi connectivity index (χ3n) is 4.00. The summed E-state index contributed by atoms with van der Waals surface area (Å²) in [4.78, 5) is 12.1. The molecular weight excluding hydrogens is 222 g/mol. The average molecular weight is 245 g/mol. The molecule has 1 saturated carbocycles. The van der Waals surface area contributed by atoms with E-state index in [1.807, 2.05) is 31.2 Å². The lowest BCUT2D eigenvalue weighted by Crippen LogP contribution is -2.38. The van der Waals surface area contributed by atoms with Gasteiger partial charge in [0.2, 0.25) is 0 Å². The monoisotopic (exact) mass is 245 g/mol. The van der Waals surface area contributed by atoms with Gasteiger partial charge in [-0.2, -0.15) is 0 Å². The van der Waals surface area contributed by atoms with Gasteiger partial charge in [-0.3, -0.25) is 4.79 Å². The Kier molecular flexibility index (Phi) is 4.40. The second-order valence-electron chi connectivity index (χ2n) is 5.53. The normalized spacial score (nSPS) is 18.3. The molecule has 2 heteroatoms. The van der Waals surface area contributed by atoms with Gasteiger partial charge in [0.15, 0.2) is 0 Å². The van der Waals surface area contributed by atoms with E-state index in [-0.39, 0.29) is 5.91 Å². The van der Waals surface area contributed by atoms with Crippen LogP contribution in [0.3, 0.4) is 0 Å². The molecule has 1 unspecified atom stereocenters. The Morgan fingerprint density at radius 3 is 2.67 bits per heavy atom. The Balaban J connectivity index is 1.94. The van der Waals surface area contributed by atoms with Crippen molar-refractivity contribution < 1.29 is 4.79 Å². The molecule has 0 spiro atoms. The Hall–Kier alpha value is -1.31. The zero-order chi connectivity index (χ0) is 13.0. The zero-order valence-corrected chi connectivity index (χ0v) is 11.4. The van der Waals surface area contributed by atoms with Crippen LogP contribution in [0, 0.1) is 12.8 Å². The highest BCUT2D eigenvalue weighted by atomic mass is 16.1. The first-order chi connectivity index (χ1) is 8.66. The second-order valence-corrected chi connectivity index (χ2v) is 5.53. The standard InChI is InChI=1S/C16H23NO/c1-12-7-6-10-15(11-12)16(18)17-13(2)14-8-4-3-5-9-14/h6-7,10-11,13-14H,3-5,8-9H2,1-2H3,(H,17,18). The zero-order valence-electron chi connectivity index (χ0n) is 11.4. The number of hydrogen-bond acceptors (Lipinski definition) is 1. The van der Waals surface area contributed by atoms with E-state index in [1.165, 1.54) is 32.1 Å². The fourth-order valence-corrected chi connectivity index (χ4v) is 2.83. The van der Waals surface area contributed by atoms with Crippen LogP contribution in [0.4, 0.5) is 0 Å². The fourth-order valence-electron chi connectivity index (χ4n) is 2.83. The van der Waals surface area contributed by atoms with Crippen molar-refractivity contribution in [2.75, 3.05) is 0 Å². The van der Waals surface area contributed by atoms with E-state index < -0.39 is 0 Å². The van der Waals surface area contributed by atoms with E-state index in [0.717, 1.165) is 11.1 Å². The molecule has 0 aliphatic heterocycles. The molecule has 0 bridgehead atoms. The molecule has 1 aliphatic rings. The molecule has 1 aromatic rings. The topological polar surface area (TPSA) is 29.1 Å². The van der Waals surface area contributed by atoms with Crippen molar-refractivity contribution >= 4 is 5.91 Å². The summed E-state index contributed by atoms with van der Waals surface area (Å²) in [6, 6.07) is 8.08. The maximum atomic E-state index is 12.1. The number of nitrogens with one attached hydrogen (secondary N) is 1. The molecule has 1 fully saturated rings. The van der Waals surface area contributed by atoms with E-state index in [9.17, 15) is 4.79 Å². The van der Waals surface area contributed by atoms with Crippen LogP contribution in [0.15, 0.2) is 24.3 Å². The summed E-state index contributed by atoms with van der Waals surface area (Å²) in [7, 11) is 0. The molecular formula is C16H23NO. The van der Waals surface area contributed by atoms with Crippen molar-refractivity contribution in [3.8, 4) is 0 Å². The second kappa shape index (κ2) is 6.03. The number of amides is 1. The predicted octanol–water partition coefficient (Wildman–Crippen LogP) is 3.69. The van der Waals surface area contributed by atoms with Crippen LogP contribution in [0.5, 0.6) is 0 Å². The minimum absolute atomic E-state index is 0.0665. The quantitative estimate of drug-likeness (QED) is 0.864. The molecule has 18 heavy (non-hydrogen) atoms. The third-order valence-corrected chi connectivity index (χ3v) is 4.00. The smallest absolute Gasteiger partial charge is 0.251 e. The lowest BCUT2D eigenvalue weighted by atomic mass is 9.84. The molecule has 0 aromatic heterocycles. The first-order valence-electron chi connectivity index (χ1n) is 7.04. The van der Waals surface area contributed by atoms with Gasteiger partial charge in [0.25, 0.3) is 5.91 Å². The van der Waals surface area contributed by atoms with Gasteiger partial charge >= 0.3 is 0 Å². The van der Waals surface area contributed by atoms with Crippen molar-refractivity contribution in [2.45, 2.75) is 52.0 Å². The van der Waals surface area contributed by atoms with Gasteiger partial charge in [-0.15, -0.1) is 0 Å². The van der Waals surface area contributed by atoms with Crippen LogP contribution in [-0.2, 0) is 0 Å². The summed E-state index contributed by atoms with van der Waals surface area (Å²) in [6.45, 7) is 4.16. The first-order valence-corrected chi connectivity index (χ1v) is 7.04. The summed E-state index contributed by atoms with van der Waals surface area (Å²) >= 11 is 0. The lowest BCUT2D eigenvalue weighted by Gasteiger charge is -2.28. The first kappa shape index (κ1) is 13.1. The van der Waals surface area contributed by atoms with Crippen molar-refractivity contribution in [1.29, 1.82) is 0 Å². The lowest BCUT2D eigenvalue weighted by molar-refractivity contribution is 0.0919. The number of carbonyl (C=O) groups is 1. The summed E-state index contributed by atoms with van der Waals surface area (Å²) in [5.74, 6) is 0.726. The highest BCUT2D eigenvalue weighted by Gasteiger charge is 2.21. The van der Waals surface area contributed by atoms with Crippen LogP contribution in [0.1, 0.15) is 54.9 Å². The molecule has 0 radical (unpaired) electrons. The number of hydrogen-bond donors (Lipinski definition) is 1. The largest absolute Gasteiger partial charge is 0.349 e. The predicted molar refractivity (Wildman–Crippen MR) is 74.7 cm³/mol. The van der Waals surface area contributed by atoms with Gasteiger partial charge in [0.05, 0.1) is 0 Å². The van der Waals surface area contributed by atoms with Gasteiger partial charge in [0.1, 0.15) is 0 Å². The maximum absolute atomic E-state index is 12.1. The highest BCUT2D eigenvalue weighted by Crippen LogP contribution is 2.26. The van der Waals surface area contributed by atoms with Crippen molar-refractivity contribution in [3.63, 3.8) is 0 Å². The Bertz CT molecular complexity index is 407. The van der Waals surface area contributed by atoms with Crippen molar-refractivity contribution in [1.82, 2.24) is 5.32 Å². The molecule has 1 aromatic carbocycles. The number of carbonyl (C=O) groups excluding carboxylic acids is 1. The SMILES string of the molecule is Cc1cccc(C(=O)NC(C)C2CCCCC2)c1. The minimum Gasteiger partial charge on any atom is -0.349 e. The van der Waals surface area contributed by atoms with E-state index in [1.54, 1.807) is 0 Å². The molecule has 1 amide bonds. The fraction of sp³-hybridized carbons (Fsp3) is 0.562. The van der Waals surface area contributed by atoms with E-state index in [4.69, 9.17) is 0 Å². The summed E-state index contributed by atoms with van der Waals surface area (Å²) in [5.41, 5.74) is 1.91. The molecule has 2 nitrogen and oxygen atoms in total. The van der Waals surface area contributed by atoms with E-state index in [0.29, 0.717) is 12.0 Å². The maximum Gasteiger partial charge on any atom is 0.251 e. The number of benzene rings is 1. The van der Waals surface area contributed by atoms with Gasteiger partial charge in [-0.1, -0.05) is 37.0 Å². The van der Waals surface area contributed by atoms with Crippen molar-refractivity contribution in [2.24, 2.45) is 5.92 Å². The Morgan fingerprint density at radius 1 is 1.28 bits per heavy atom. The van der Waals surface area contributed by atoms with Crippen molar-refractivity contribution in [3.05, 3.63) is 35.4 Å². The van der Waals surface area contributed by atoms with Crippen LogP contribution in [0.2, 0.25) is 0 Å². The van der Waals surface area contributed by atoms with Gasteiger partial charge in [-0.05, 0) is 44.7 Å². The van der Waals surface area contributed by atoms with Crippen LogP contribution in [0.25, 0.3) is 0 Å². The summed E-state index contributed by atoms with van der Waals surface area (Å²) in [5, 5.41) is 3.15. The molecule has 98 valence electrons. The minimum atomic E-state index is 0.0665. The molecule has 1 aliphatic carbocycles. The highest BCUT2D eigenvalue weighted by molar-refractivity contribution is 5.94. The van der Waals surface area contributed by atoms with E-state index >= 15 is 0 Å². The number of rotatable bonds is 3. The third kappa shape index (κ3) is 3.34. The van der Waals surface area contributed by atoms with Gasteiger partial charge < -0.3 is 5.32 Å². The Morgan fingerprint density at radius 2 is 2.00 bits per heavy atom. The van der Waals surface area contributed by atoms with Crippen LogP contribution >= 0.6 is 0 Å². The Labute approximate surface area is 110 Å². The summed E-state index contributed by atoms with van der Waals surface area (Å²) in [6.07, 6.45) is 6.50. The number of aryl methyl sites for hydroxylation is 1. The van der Waals surface area contributed by atoms with Crippen LogP contribution in [-0.4, -0.2) is 11.9 Å². The van der Waals surface area contributed by atoms with Gasteiger partial charge in [-0.25, -0.2) is 0 Å². The van der Waals surface area contributed by atoms with Crippen LogP contribution < -0.4 is 5.32 Å². The average Bonchev–Trinajstić information content (AvgIpc) is 2.39.